The molecule has 7 nitrogen and oxygen atoms in total. The molecule has 1 aliphatic heterocycles. The van der Waals surface area contributed by atoms with Gasteiger partial charge in [-0.15, -0.1) is 11.3 Å². The first-order valence-corrected chi connectivity index (χ1v) is 10.7. The zero-order valence-corrected chi connectivity index (χ0v) is 17.7. The highest BCUT2D eigenvalue weighted by Gasteiger charge is 2.31. The predicted molar refractivity (Wildman–Crippen MR) is 120 cm³/mol. The molecule has 0 bridgehead atoms. The molecule has 1 aromatic heterocycles. The molecule has 8 heteroatoms. The van der Waals surface area contributed by atoms with Crippen LogP contribution in [0.15, 0.2) is 57.9 Å². The number of guanidine groups is 1. The number of amides is 1. The number of nitrogens with one attached hydrogen (secondary N) is 2. The summed E-state index contributed by atoms with van der Waals surface area (Å²) in [5.74, 6) is 0.916. The lowest BCUT2D eigenvalue weighted by Gasteiger charge is -2.23. The fourth-order valence-corrected chi connectivity index (χ4v) is 4.51. The molecule has 2 N–H and O–H groups in total. The highest BCUT2D eigenvalue weighted by atomic mass is 32.1. The first-order valence-electron chi connectivity index (χ1n) is 9.78. The molecule has 4 rings (SSSR count). The van der Waals surface area contributed by atoms with E-state index in [2.05, 4.69) is 26.7 Å². The quantitative estimate of drug-likeness (QED) is 0.343. The van der Waals surface area contributed by atoms with Crippen LogP contribution >= 0.6 is 11.3 Å². The van der Waals surface area contributed by atoms with Crippen LogP contribution in [-0.4, -0.2) is 41.6 Å². The number of carbonyl (C=O) groups is 2. The van der Waals surface area contributed by atoms with Crippen LogP contribution in [0, 0.1) is 5.92 Å². The van der Waals surface area contributed by atoms with Crippen molar-refractivity contribution in [3.63, 3.8) is 0 Å². The third-order valence-electron chi connectivity index (χ3n) is 5.29. The van der Waals surface area contributed by atoms with Crippen molar-refractivity contribution in [2.24, 2.45) is 10.9 Å². The molecule has 1 saturated heterocycles. The van der Waals surface area contributed by atoms with Crippen LogP contribution < -0.4 is 10.6 Å². The number of nitrogens with zero attached hydrogens (tertiary/aromatic N) is 3. The lowest BCUT2D eigenvalue weighted by Crippen LogP contribution is -2.37. The Morgan fingerprint density at radius 2 is 2.27 bits per heavy atom. The maximum Gasteiger partial charge on any atom is 0.223 e. The van der Waals surface area contributed by atoms with Crippen molar-refractivity contribution < 1.29 is 9.59 Å². The number of aldehydes is 1. The van der Waals surface area contributed by atoms with Crippen LogP contribution in [0.25, 0.3) is 16.3 Å². The Morgan fingerprint density at radius 3 is 3.03 bits per heavy atom. The molecule has 0 radical (unpaired) electrons. The first kappa shape index (κ1) is 20.0. The fourth-order valence-electron chi connectivity index (χ4n) is 3.79. The van der Waals surface area contributed by atoms with Gasteiger partial charge in [-0.05, 0) is 42.7 Å². The van der Waals surface area contributed by atoms with E-state index in [0.717, 1.165) is 52.8 Å². The smallest absolute Gasteiger partial charge is 0.223 e. The topological polar surface area (TPSA) is 86.7 Å². The number of likely N-dealkylation sites (tertiary alicyclic amines) is 1. The molecular weight excluding hydrogens is 398 g/mol. The minimum atomic E-state index is 0.0663. The van der Waals surface area contributed by atoms with Gasteiger partial charge < -0.3 is 15.5 Å². The zero-order valence-electron chi connectivity index (χ0n) is 16.9. The number of rotatable bonds is 4. The Bertz CT molecular complexity index is 1110. The Morgan fingerprint density at radius 1 is 1.40 bits per heavy atom. The summed E-state index contributed by atoms with van der Waals surface area (Å²) in [5.41, 5.74) is 5.95. The number of aromatic nitrogens is 1. The van der Waals surface area contributed by atoms with Crippen LogP contribution in [0.3, 0.4) is 0 Å². The first-order chi connectivity index (χ1) is 14.6. The number of aliphatic imine (C=N–C) groups is 1. The van der Waals surface area contributed by atoms with E-state index in [9.17, 15) is 9.59 Å². The van der Waals surface area contributed by atoms with E-state index < -0.39 is 0 Å². The van der Waals surface area contributed by atoms with E-state index in [1.807, 2.05) is 29.2 Å². The molecule has 2 aliphatic rings. The molecule has 1 aliphatic carbocycles. The summed E-state index contributed by atoms with van der Waals surface area (Å²) in [4.78, 5) is 33.8. The van der Waals surface area contributed by atoms with E-state index >= 15 is 0 Å². The summed E-state index contributed by atoms with van der Waals surface area (Å²) >= 11 is 1.56. The van der Waals surface area contributed by atoms with Crippen LogP contribution in [0.2, 0.25) is 0 Å². The molecule has 1 fully saturated rings. The summed E-state index contributed by atoms with van der Waals surface area (Å²) in [6.45, 7) is 2.36. The van der Waals surface area contributed by atoms with Crippen molar-refractivity contribution in [2.75, 3.05) is 13.6 Å². The van der Waals surface area contributed by atoms with Gasteiger partial charge in [-0.2, -0.15) is 0 Å². The van der Waals surface area contributed by atoms with E-state index in [-0.39, 0.29) is 5.91 Å². The van der Waals surface area contributed by atoms with Crippen molar-refractivity contribution in [3.8, 4) is 0 Å². The molecule has 2 aromatic rings. The summed E-state index contributed by atoms with van der Waals surface area (Å²) < 4.78 is 1.07. The van der Waals surface area contributed by atoms with Crippen molar-refractivity contribution in [1.29, 1.82) is 0 Å². The Hall–Kier alpha value is -3.26. The molecular formula is C22H23N5O2S. The second kappa shape index (κ2) is 8.62. The van der Waals surface area contributed by atoms with Gasteiger partial charge in [0.05, 0.1) is 21.4 Å². The third kappa shape index (κ3) is 4.18. The van der Waals surface area contributed by atoms with Gasteiger partial charge in [0.2, 0.25) is 5.91 Å². The van der Waals surface area contributed by atoms with E-state index in [4.69, 9.17) is 0 Å². The molecule has 1 amide bonds. The van der Waals surface area contributed by atoms with Crippen molar-refractivity contribution in [1.82, 2.24) is 20.5 Å². The number of thiazole rings is 1. The maximum atomic E-state index is 11.9. The van der Waals surface area contributed by atoms with Gasteiger partial charge >= 0.3 is 0 Å². The third-order valence-corrected chi connectivity index (χ3v) is 6.08. The summed E-state index contributed by atoms with van der Waals surface area (Å²) in [6, 6.07) is 5.86. The van der Waals surface area contributed by atoms with E-state index in [1.165, 1.54) is 0 Å². The molecule has 0 spiro atoms. The van der Waals surface area contributed by atoms with Crippen molar-refractivity contribution in [2.45, 2.75) is 19.8 Å². The molecule has 1 aromatic carbocycles. The van der Waals surface area contributed by atoms with Gasteiger partial charge in [-0.25, -0.2) is 4.98 Å². The number of allylic oxidation sites excluding steroid dienone is 4. The molecule has 30 heavy (non-hydrogen) atoms. The van der Waals surface area contributed by atoms with Crippen molar-refractivity contribution >= 4 is 45.8 Å². The Kier molecular flexibility index (Phi) is 5.76. The maximum absolute atomic E-state index is 11.9. The Labute approximate surface area is 178 Å². The van der Waals surface area contributed by atoms with Gasteiger partial charge in [0, 0.05) is 37.8 Å². The lowest BCUT2D eigenvalue weighted by atomic mass is 9.95. The molecule has 2 heterocycles. The molecule has 0 saturated carbocycles. The van der Waals surface area contributed by atoms with Crippen molar-refractivity contribution in [3.05, 3.63) is 58.5 Å². The number of hydrogen-bond donors (Lipinski definition) is 2. The monoisotopic (exact) mass is 421 g/mol. The van der Waals surface area contributed by atoms with Gasteiger partial charge in [-0.3, -0.25) is 14.6 Å². The number of benzene rings is 1. The highest BCUT2D eigenvalue weighted by molar-refractivity contribution is 7.16. The van der Waals surface area contributed by atoms with E-state index in [0.29, 0.717) is 17.6 Å². The van der Waals surface area contributed by atoms with Crippen LogP contribution in [-0.2, 0) is 9.59 Å². The standard InChI is InChI=1S/C22H23N5O2S/c1-14(29)27-8-7-16-4-5-17(11-20(16)27)25-22(23-2)26-18(12-28)9-15-3-6-19-21(10-15)30-13-24-19/h3,5-6,9-13,16H,4,7-8H2,1-2H3,(H2,23,25,26)/b18-9-. The summed E-state index contributed by atoms with van der Waals surface area (Å²) in [5, 5.41) is 6.29. The van der Waals surface area contributed by atoms with Gasteiger partial charge in [0.15, 0.2) is 12.2 Å². The van der Waals surface area contributed by atoms with Crippen LogP contribution in [0.5, 0.6) is 0 Å². The van der Waals surface area contributed by atoms with Crippen LogP contribution in [0.1, 0.15) is 25.3 Å². The SMILES string of the molecule is CN=C(NC1=CCC2CCN(C(C)=O)C2=C1)N/C(C=O)=C\c1ccc2ncsc2c1. The average molecular weight is 422 g/mol. The molecule has 154 valence electrons. The largest absolute Gasteiger partial charge is 0.326 e. The van der Waals surface area contributed by atoms with Gasteiger partial charge in [0.25, 0.3) is 0 Å². The minimum Gasteiger partial charge on any atom is -0.326 e. The highest BCUT2D eigenvalue weighted by Crippen LogP contribution is 2.34. The average Bonchev–Trinajstić information content (AvgIpc) is 3.38. The Balaban J connectivity index is 1.48. The second-order valence-corrected chi connectivity index (χ2v) is 8.13. The second-order valence-electron chi connectivity index (χ2n) is 7.24. The lowest BCUT2D eigenvalue weighted by molar-refractivity contribution is -0.126. The van der Waals surface area contributed by atoms with Gasteiger partial charge in [-0.1, -0.05) is 12.1 Å². The van der Waals surface area contributed by atoms with Gasteiger partial charge in [0.1, 0.15) is 0 Å². The summed E-state index contributed by atoms with van der Waals surface area (Å²) in [6.07, 6.45) is 8.51. The molecule has 1 atom stereocenters. The van der Waals surface area contributed by atoms with E-state index in [1.54, 1.807) is 36.9 Å². The zero-order chi connectivity index (χ0) is 21.1. The summed E-state index contributed by atoms with van der Waals surface area (Å²) in [7, 11) is 1.65. The predicted octanol–water partition coefficient (Wildman–Crippen LogP) is 3.04. The number of hydrogen-bond acceptors (Lipinski definition) is 5. The van der Waals surface area contributed by atoms with Crippen LogP contribution in [0.4, 0.5) is 0 Å². The normalized spacial score (nSPS) is 19.3. The minimum absolute atomic E-state index is 0.0663. The number of fused-ring (bicyclic) bond motifs is 2. The molecule has 1 unspecified atom stereocenters. The number of carbonyl (C=O) groups excluding carboxylic acids is 2. The fraction of sp³-hybridized carbons (Fsp3) is 0.273.